The second kappa shape index (κ2) is 3.18. The zero-order chi connectivity index (χ0) is 9.14. The van der Waals surface area contributed by atoms with Crippen LogP contribution in [-0.4, -0.2) is 24.4 Å². The number of nitrogens with two attached hydrogens (primary N) is 1. The van der Waals surface area contributed by atoms with E-state index in [1.807, 2.05) is 10.7 Å². The van der Waals surface area contributed by atoms with E-state index in [9.17, 15) is 14.4 Å². The number of carbonyl (C=O) groups is 3. The van der Waals surface area contributed by atoms with Crippen LogP contribution in [0.5, 0.6) is 0 Å². The van der Waals surface area contributed by atoms with Crippen LogP contribution < -0.4 is 21.9 Å². The molecule has 7 nitrogen and oxygen atoms in total. The van der Waals surface area contributed by atoms with Crippen molar-refractivity contribution in [3.8, 4) is 0 Å². The number of hydrazine groups is 1. The van der Waals surface area contributed by atoms with Crippen LogP contribution in [0.15, 0.2) is 0 Å². The fraction of sp³-hybridized carbons (Fsp3) is 0.400. The van der Waals surface area contributed by atoms with E-state index in [0.29, 0.717) is 0 Å². The first-order valence-electron chi connectivity index (χ1n) is 3.24. The van der Waals surface area contributed by atoms with Crippen LogP contribution in [0, 0.1) is 5.92 Å². The molecule has 0 radical (unpaired) electrons. The molecule has 7 heteroatoms. The van der Waals surface area contributed by atoms with Crippen LogP contribution in [0.2, 0.25) is 0 Å². The molecule has 0 aromatic rings. The predicted octanol–water partition coefficient (Wildman–Crippen LogP) is -2.57. The summed E-state index contributed by atoms with van der Waals surface area (Å²) in [5, 5.41) is 4.23. The Labute approximate surface area is 67.6 Å². The van der Waals surface area contributed by atoms with Crippen molar-refractivity contribution in [1.82, 2.24) is 16.1 Å². The van der Waals surface area contributed by atoms with Crippen LogP contribution in [0.25, 0.3) is 0 Å². The molecule has 4 amide bonds. The topological polar surface area (TPSA) is 113 Å². The molecule has 1 saturated heterocycles. The summed E-state index contributed by atoms with van der Waals surface area (Å²) in [6.07, 6.45) is 0. The van der Waals surface area contributed by atoms with Gasteiger partial charge in [0.1, 0.15) is 5.92 Å². The van der Waals surface area contributed by atoms with Gasteiger partial charge in [0.2, 0.25) is 11.8 Å². The van der Waals surface area contributed by atoms with Gasteiger partial charge in [-0.05, 0) is 0 Å². The van der Waals surface area contributed by atoms with Crippen LogP contribution >= 0.6 is 0 Å². The first-order chi connectivity index (χ1) is 5.65. The van der Waals surface area contributed by atoms with Gasteiger partial charge >= 0.3 is 6.03 Å². The molecular formula is C5H8N4O3. The van der Waals surface area contributed by atoms with Gasteiger partial charge in [-0.25, -0.2) is 10.6 Å². The first-order valence-corrected chi connectivity index (χ1v) is 3.24. The summed E-state index contributed by atoms with van der Waals surface area (Å²) >= 11 is 0. The molecule has 1 aliphatic heterocycles. The van der Waals surface area contributed by atoms with Crippen molar-refractivity contribution in [2.75, 3.05) is 6.54 Å². The van der Waals surface area contributed by atoms with Gasteiger partial charge in [-0.1, -0.05) is 0 Å². The van der Waals surface area contributed by atoms with Crippen molar-refractivity contribution in [2.24, 2.45) is 11.8 Å². The highest BCUT2D eigenvalue weighted by Crippen LogP contribution is 1.98. The molecule has 12 heavy (non-hydrogen) atoms. The lowest BCUT2D eigenvalue weighted by molar-refractivity contribution is -0.135. The Morgan fingerprint density at radius 2 is 2.25 bits per heavy atom. The largest absolute Gasteiger partial charge is 0.336 e. The van der Waals surface area contributed by atoms with Crippen molar-refractivity contribution in [1.29, 1.82) is 0 Å². The monoisotopic (exact) mass is 172 g/mol. The lowest BCUT2D eigenvalue weighted by Crippen LogP contribution is -2.57. The maximum absolute atomic E-state index is 10.9. The molecule has 1 rings (SSSR count). The van der Waals surface area contributed by atoms with E-state index in [2.05, 4.69) is 5.32 Å². The molecule has 1 fully saturated rings. The Balaban J connectivity index is 2.62. The molecule has 1 aliphatic rings. The lowest BCUT2D eigenvalue weighted by Gasteiger charge is -2.20. The maximum atomic E-state index is 10.9. The van der Waals surface area contributed by atoms with E-state index >= 15 is 0 Å². The fourth-order valence-corrected chi connectivity index (χ4v) is 0.843. The molecule has 0 saturated carbocycles. The average molecular weight is 172 g/mol. The minimum Gasteiger partial charge on any atom is -0.336 e. The number of hydrogen-bond donors (Lipinski definition) is 4. The van der Waals surface area contributed by atoms with Crippen LogP contribution in [0.3, 0.4) is 0 Å². The minimum atomic E-state index is -0.937. The van der Waals surface area contributed by atoms with E-state index < -0.39 is 23.8 Å². The van der Waals surface area contributed by atoms with Crippen molar-refractivity contribution in [3.05, 3.63) is 0 Å². The first kappa shape index (κ1) is 8.47. The van der Waals surface area contributed by atoms with Crippen molar-refractivity contribution in [2.45, 2.75) is 0 Å². The zero-order valence-electron chi connectivity index (χ0n) is 6.09. The summed E-state index contributed by atoms with van der Waals surface area (Å²) in [5.74, 6) is 2.61. The zero-order valence-corrected chi connectivity index (χ0v) is 6.09. The van der Waals surface area contributed by atoms with Gasteiger partial charge in [0.05, 0.1) is 0 Å². The number of hydrogen-bond acceptors (Lipinski definition) is 4. The van der Waals surface area contributed by atoms with Crippen LogP contribution in [0.1, 0.15) is 0 Å². The summed E-state index contributed by atoms with van der Waals surface area (Å²) in [5.41, 5.74) is 1.83. The van der Waals surface area contributed by atoms with E-state index in [0.717, 1.165) is 0 Å². The van der Waals surface area contributed by atoms with Crippen molar-refractivity contribution < 1.29 is 14.4 Å². The third-order valence-corrected chi connectivity index (χ3v) is 1.48. The molecule has 0 aromatic carbocycles. The molecule has 0 bridgehead atoms. The van der Waals surface area contributed by atoms with Gasteiger partial charge in [-0.2, -0.15) is 0 Å². The van der Waals surface area contributed by atoms with Gasteiger partial charge < -0.3 is 5.32 Å². The van der Waals surface area contributed by atoms with E-state index in [-0.39, 0.29) is 6.54 Å². The van der Waals surface area contributed by atoms with E-state index in [1.165, 1.54) is 0 Å². The number of carbonyl (C=O) groups excluding carboxylic acids is 3. The smallest absolute Gasteiger partial charge is 0.321 e. The minimum absolute atomic E-state index is 0.0201. The molecule has 5 N–H and O–H groups in total. The number of imide groups is 1. The highest BCUT2D eigenvalue weighted by molar-refractivity contribution is 6.08. The molecule has 1 unspecified atom stereocenters. The Hall–Kier alpha value is -1.63. The number of amides is 4. The third kappa shape index (κ3) is 1.51. The summed E-state index contributed by atoms with van der Waals surface area (Å²) in [4.78, 5) is 32.3. The summed E-state index contributed by atoms with van der Waals surface area (Å²) in [6, 6.07) is -0.596. The summed E-state index contributed by atoms with van der Waals surface area (Å²) in [7, 11) is 0. The summed E-state index contributed by atoms with van der Waals surface area (Å²) in [6.45, 7) is -0.0201. The fourth-order valence-electron chi connectivity index (χ4n) is 0.843. The van der Waals surface area contributed by atoms with Crippen molar-refractivity contribution >= 4 is 17.8 Å². The highest BCUT2D eigenvalue weighted by Gasteiger charge is 2.31. The van der Waals surface area contributed by atoms with Crippen LogP contribution in [0.4, 0.5) is 4.79 Å². The van der Waals surface area contributed by atoms with Gasteiger partial charge in [0.25, 0.3) is 0 Å². The van der Waals surface area contributed by atoms with Crippen LogP contribution in [-0.2, 0) is 9.59 Å². The predicted molar refractivity (Wildman–Crippen MR) is 37.4 cm³/mol. The lowest BCUT2D eigenvalue weighted by atomic mass is 10.1. The molecule has 66 valence electrons. The molecular weight excluding hydrogens is 164 g/mol. The SMILES string of the molecule is NNC(=O)C1CNC(=O)NC1=O. The average Bonchev–Trinajstić information content (AvgIpc) is 2.03. The Kier molecular flexibility index (Phi) is 2.24. The molecule has 1 atom stereocenters. The molecule has 0 aliphatic carbocycles. The third-order valence-electron chi connectivity index (χ3n) is 1.48. The second-order valence-corrected chi connectivity index (χ2v) is 2.26. The summed E-state index contributed by atoms with van der Waals surface area (Å²) < 4.78 is 0. The van der Waals surface area contributed by atoms with E-state index in [1.54, 1.807) is 0 Å². The van der Waals surface area contributed by atoms with Gasteiger partial charge in [-0.3, -0.25) is 20.3 Å². The highest BCUT2D eigenvalue weighted by atomic mass is 16.2. The second-order valence-electron chi connectivity index (χ2n) is 2.26. The quantitative estimate of drug-likeness (QED) is 0.151. The molecule has 0 aromatic heterocycles. The van der Waals surface area contributed by atoms with Crippen molar-refractivity contribution in [3.63, 3.8) is 0 Å². The Morgan fingerprint density at radius 3 is 2.75 bits per heavy atom. The van der Waals surface area contributed by atoms with Gasteiger partial charge in [0, 0.05) is 6.54 Å². The number of rotatable bonds is 1. The number of urea groups is 1. The van der Waals surface area contributed by atoms with Gasteiger partial charge in [-0.15, -0.1) is 0 Å². The Morgan fingerprint density at radius 1 is 1.58 bits per heavy atom. The molecule has 1 heterocycles. The molecule has 0 spiro atoms. The maximum Gasteiger partial charge on any atom is 0.321 e. The Bertz CT molecular complexity index is 239. The van der Waals surface area contributed by atoms with E-state index in [4.69, 9.17) is 5.84 Å². The standard InChI is InChI=1S/C5H8N4O3/c6-9-4(11)2-1-7-5(12)8-3(2)10/h2H,1,6H2,(H,9,11)(H2,7,8,10,12). The van der Waals surface area contributed by atoms with Gasteiger partial charge in [0.15, 0.2) is 0 Å². The number of nitrogens with one attached hydrogen (secondary N) is 3. The normalized spacial score (nSPS) is 22.6.